The van der Waals surface area contributed by atoms with Gasteiger partial charge in [-0.1, -0.05) is 109 Å². The van der Waals surface area contributed by atoms with E-state index in [1.165, 1.54) is 32.7 Å². The molecule has 38 heavy (non-hydrogen) atoms. The summed E-state index contributed by atoms with van der Waals surface area (Å²) in [6, 6.07) is 46.1. The molecule has 0 heteroatoms. The third-order valence-electron chi connectivity index (χ3n) is 6.45. The summed E-state index contributed by atoms with van der Waals surface area (Å²) >= 11 is 0. The van der Waals surface area contributed by atoms with Crippen LogP contribution in [-0.4, -0.2) is 0 Å². The number of hydrogen-bond donors (Lipinski definition) is 0. The molecule has 6 aromatic carbocycles. The van der Waals surface area contributed by atoms with Gasteiger partial charge < -0.3 is 0 Å². The van der Waals surface area contributed by atoms with Gasteiger partial charge in [0.25, 0.3) is 0 Å². The lowest BCUT2D eigenvalue weighted by Gasteiger charge is -2.03. The third kappa shape index (κ3) is 5.57. The normalized spacial score (nSPS) is 10.6. The molecule has 0 spiro atoms. The summed E-state index contributed by atoms with van der Waals surface area (Å²) in [5, 5.41) is 4.80. The molecule has 0 aliphatic carbocycles. The molecular weight excluding hydrogens is 456 g/mol. The number of benzene rings is 6. The summed E-state index contributed by atoms with van der Waals surface area (Å²) in [5.74, 6) is 13.0. The molecule has 0 nitrogen and oxygen atoms in total. The molecule has 0 atom stereocenters. The van der Waals surface area contributed by atoms with Crippen molar-refractivity contribution in [2.24, 2.45) is 0 Å². The van der Waals surface area contributed by atoms with Crippen molar-refractivity contribution in [2.75, 3.05) is 0 Å². The third-order valence-corrected chi connectivity index (χ3v) is 6.45. The predicted octanol–water partition coefficient (Wildman–Crippen LogP) is 8.96. The van der Waals surface area contributed by atoms with Gasteiger partial charge in [-0.3, -0.25) is 0 Å². The van der Waals surface area contributed by atoms with E-state index in [0.717, 1.165) is 22.3 Å². The molecule has 0 aliphatic heterocycles. The van der Waals surface area contributed by atoms with Crippen molar-refractivity contribution in [3.05, 3.63) is 167 Å². The fourth-order valence-electron chi connectivity index (χ4n) is 4.42. The molecule has 0 aromatic heterocycles. The van der Waals surface area contributed by atoms with Crippen molar-refractivity contribution in [3.8, 4) is 23.7 Å². The van der Waals surface area contributed by atoms with Crippen LogP contribution in [0.4, 0.5) is 0 Å². The highest BCUT2D eigenvalue weighted by Crippen LogP contribution is 2.22. The van der Waals surface area contributed by atoms with Crippen molar-refractivity contribution in [2.45, 2.75) is 0 Å². The molecule has 0 saturated heterocycles. The molecule has 6 aromatic rings. The molecule has 0 radical (unpaired) electrons. The van der Waals surface area contributed by atoms with Crippen molar-refractivity contribution in [1.82, 2.24) is 0 Å². The molecule has 176 valence electrons. The zero-order valence-corrected chi connectivity index (χ0v) is 20.9. The maximum Gasteiger partial charge on any atom is 0.0255 e. The second kappa shape index (κ2) is 10.8. The molecule has 0 N–H and O–H groups in total. The smallest absolute Gasteiger partial charge is 0.0255 e. The highest BCUT2D eigenvalue weighted by Gasteiger charge is 1.99. The predicted molar refractivity (Wildman–Crippen MR) is 162 cm³/mol. The standard InChI is InChI=1S/C38H24/c1-3-7-29(8-4-1)11-13-31-17-21-37-27-33(19-23-35(37)25-31)15-16-34-20-24-36-26-32(18-22-38(36)28-34)14-12-30-9-5-2-6-10-30/h1-10,15-28H/b16-15+. The average molecular weight is 481 g/mol. The van der Waals surface area contributed by atoms with E-state index in [0.29, 0.717) is 0 Å². The largest absolute Gasteiger partial charge is 0.0622 e. The van der Waals surface area contributed by atoms with E-state index in [1.54, 1.807) is 0 Å². The highest BCUT2D eigenvalue weighted by atomic mass is 14.0. The van der Waals surface area contributed by atoms with Crippen LogP contribution in [0.3, 0.4) is 0 Å². The molecule has 0 bridgehead atoms. The van der Waals surface area contributed by atoms with Gasteiger partial charge in [-0.05, 0) is 93.3 Å². The van der Waals surface area contributed by atoms with Crippen LogP contribution < -0.4 is 0 Å². The Morgan fingerprint density at radius 3 is 1.13 bits per heavy atom. The lowest BCUT2D eigenvalue weighted by molar-refractivity contribution is 1.63. The van der Waals surface area contributed by atoms with E-state index in [-0.39, 0.29) is 0 Å². The van der Waals surface area contributed by atoms with Gasteiger partial charge in [-0.15, -0.1) is 0 Å². The molecule has 0 saturated carbocycles. The second-order valence-corrected chi connectivity index (χ2v) is 9.21. The monoisotopic (exact) mass is 480 g/mol. The Morgan fingerprint density at radius 1 is 0.316 bits per heavy atom. The van der Waals surface area contributed by atoms with Gasteiger partial charge in [0.2, 0.25) is 0 Å². The Hall–Kier alpha value is -5.30. The van der Waals surface area contributed by atoms with E-state index in [2.05, 4.69) is 109 Å². The number of hydrogen-bond acceptors (Lipinski definition) is 0. The van der Waals surface area contributed by atoms with Crippen LogP contribution in [0.15, 0.2) is 133 Å². The first kappa shape index (κ1) is 23.1. The van der Waals surface area contributed by atoms with Crippen molar-refractivity contribution >= 4 is 33.7 Å². The minimum Gasteiger partial charge on any atom is -0.0622 e. The van der Waals surface area contributed by atoms with Crippen LogP contribution >= 0.6 is 0 Å². The van der Waals surface area contributed by atoms with Crippen LogP contribution in [0, 0.1) is 23.7 Å². The summed E-state index contributed by atoms with van der Waals surface area (Å²) in [6.07, 6.45) is 4.34. The van der Waals surface area contributed by atoms with E-state index in [4.69, 9.17) is 0 Å². The maximum absolute atomic E-state index is 3.28. The zero-order valence-electron chi connectivity index (χ0n) is 20.9. The van der Waals surface area contributed by atoms with Gasteiger partial charge in [-0.25, -0.2) is 0 Å². The van der Waals surface area contributed by atoms with Gasteiger partial charge in [-0.2, -0.15) is 0 Å². The van der Waals surface area contributed by atoms with Crippen LogP contribution in [0.2, 0.25) is 0 Å². The average Bonchev–Trinajstić information content (AvgIpc) is 2.98. The minimum atomic E-state index is 1.02. The summed E-state index contributed by atoms with van der Waals surface area (Å²) in [5.41, 5.74) is 6.45. The van der Waals surface area contributed by atoms with Crippen molar-refractivity contribution in [3.63, 3.8) is 0 Å². The summed E-state index contributed by atoms with van der Waals surface area (Å²) in [6.45, 7) is 0. The van der Waals surface area contributed by atoms with Gasteiger partial charge in [0.1, 0.15) is 0 Å². The SMILES string of the molecule is C(#Cc1ccc2cc(/C=C/c3ccc4cc(C#Cc5ccccc5)ccc4c3)ccc2c1)c1ccccc1. The van der Waals surface area contributed by atoms with E-state index >= 15 is 0 Å². The fourth-order valence-corrected chi connectivity index (χ4v) is 4.42. The molecule has 0 unspecified atom stereocenters. The van der Waals surface area contributed by atoms with Gasteiger partial charge in [0.15, 0.2) is 0 Å². The first-order chi connectivity index (χ1) is 18.8. The molecular formula is C38H24. The van der Waals surface area contributed by atoms with E-state index in [1.807, 2.05) is 60.7 Å². The summed E-state index contributed by atoms with van der Waals surface area (Å²) in [7, 11) is 0. The molecule has 6 rings (SSSR count). The Morgan fingerprint density at radius 2 is 0.684 bits per heavy atom. The Balaban J connectivity index is 1.19. The van der Waals surface area contributed by atoms with Crippen LogP contribution in [0.5, 0.6) is 0 Å². The van der Waals surface area contributed by atoms with Gasteiger partial charge in [0.05, 0.1) is 0 Å². The Bertz CT molecular complexity index is 1760. The highest BCUT2D eigenvalue weighted by molar-refractivity contribution is 5.89. The fraction of sp³-hybridized carbons (Fsp3) is 0. The summed E-state index contributed by atoms with van der Waals surface area (Å²) in [4.78, 5) is 0. The second-order valence-electron chi connectivity index (χ2n) is 9.21. The first-order valence-corrected chi connectivity index (χ1v) is 12.7. The van der Waals surface area contributed by atoms with Crippen molar-refractivity contribution < 1.29 is 0 Å². The quantitative estimate of drug-likeness (QED) is 0.171. The van der Waals surface area contributed by atoms with Crippen LogP contribution in [0.25, 0.3) is 33.7 Å². The first-order valence-electron chi connectivity index (χ1n) is 12.7. The van der Waals surface area contributed by atoms with E-state index < -0.39 is 0 Å². The maximum atomic E-state index is 3.28. The van der Waals surface area contributed by atoms with Crippen LogP contribution in [0.1, 0.15) is 33.4 Å². The van der Waals surface area contributed by atoms with Gasteiger partial charge >= 0.3 is 0 Å². The molecule has 0 amide bonds. The summed E-state index contributed by atoms with van der Waals surface area (Å²) < 4.78 is 0. The molecule has 0 fully saturated rings. The Kier molecular flexibility index (Phi) is 6.55. The molecule has 0 heterocycles. The minimum absolute atomic E-state index is 1.02. The van der Waals surface area contributed by atoms with E-state index in [9.17, 15) is 0 Å². The Labute approximate surface area is 223 Å². The van der Waals surface area contributed by atoms with Crippen LogP contribution in [-0.2, 0) is 0 Å². The lowest BCUT2D eigenvalue weighted by Crippen LogP contribution is -1.81. The number of fused-ring (bicyclic) bond motifs is 2. The van der Waals surface area contributed by atoms with Gasteiger partial charge in [0, 0.05) is 22.3 Å². The number of rotatable bonds is 2. The molecule has 0 aliphatic rings. The lowest BCUT2D eigenvalue weighted by atomic mass is 10.0. The zero-order chi connectivity index (χ0) is 25.6. The van der Waals surface area contributed by atoms with Crippen molar-refractivity contribution in [1.29, 1.82) is 0 Å². The topological polar surface area (TPSA) is 0 Å².